The molecule has 11 heteroatoms. The average molecular weight is 377 g/mol. The molecule has 0 radical (unpaired) electrons. The molecule has 0 aliphatic rings. The van der Waals surface area contributed by atoms with E-state index in [0.717, 1.165) is 24.3 Å². The minimum Gasteiger partial charge on any atom is -0.360 e. The second-order valence-electron chi connectivity index (χ2n) is 5.10. The lowest BCUT2D eigenvalue weighted by Gasteiger charge is -2.09. The Morgan fingerprint density at radius 3 is 2.28 bits per heavy atom. The summed E-state index contributed by atoms with van der Waals surface area (Å²) in [7, 11) is -4.01. The second kappa shape index (κ2) is 6.84. The molecule has 2 aromatic rings. The van der Waals surface area contributed by atoms with Crippen molar-refractivity contribution in [2.75, 3.05) is 11.9 Å². The van der Waals surface area contributed by atoms with E-state index in [4.69, 9.17) is 4.52 Å². The highest BCUT2D eigenvalue weighted by atomic mass is 32.2. The van der Waals surface area contributed by atoms with Gasteiger partial charge in [-0.05, 0) is 38.1 Å². The van der Waals surface area contributed by atoms with Crippen molar-refractivity contribution in [3.8, 4) is 0 Å². The minimum absolute atomic E-state index is 0.0770. The highest BCUT2D eigenvalue weighted by molar-refractivity contribution is 7.89. The van der Waals surface area contributed by atoms with Crippen LogP contribution in [0, 0.1) is 13.8 Å². The zero-order valence-corrected chi connectivity index (χ0v) is 14.0. The van der Waals surface area contributed by atoms with Crippen molar-refractivity contribution in [3.63, 3.8) is 0 Å². The predicted octanol–water partition coefficient (Wildman–Crippen LogP) is 2.23. The Labute approximate surface area is 141 Å². The van der Waals surface area contributed by atoms with Crippen LogP contribution in [0.3, 0.4) is 0 Å². The Bertz CT molecular complexity index is 854. The van der Waals surface area contributed by atoms with Gasteiger partial charge in [-0.15, -0.1) is 0 Å². The topological polar surface area (TPSA) is 101 Å². The first-order valence-corrected chi connectivity index (χ1v) is 8.38. The molecule has 0 spiro atoms. The average Bonchev–Trinajstić information content (AvgIpc) is 2.85. The zero-order chi connectivity index (χ0) is 18.8. The molecule has 1 aromatic heterocycles. The van der Waals surface area contributed by atoms with E-state index in [1.165, 1.54) is 13.8 Å². The van der Waals surface area contributed by atoms with E-state index in [9.17, 15) is 26.4 Å². The summed E-state index contributed by atoms with van der Waals surface area (Å²) in [6, 6.07) is 3.76. The predicted molar refractivity (Wildman–Crippen MR) is 81.2 cm³/mol. The lowest BCUT2D eigenvalue weighted by atomic mass is 10.2. The number of nitrogens with one attached hydrogen (secondary N) is 2. The summed E-state index contributed by atoms with van der Waals surface area (Å²) in [6.07, 6.45) is -4.48. The summed E-state index contributed by atoms with van der Waals surface area (Å²) in [5.74, 6) is -0.664. The van der Waals surface area contributed by atoms with E-state index < -0.39 is 34.2 Å². The third-order valence-electron chi connectivity index (χ3n) is 3.16. The Morgan fingerprint density at radius 2 is 1.80 bits per heavy atom. The highest BCUT2D eigenvalue weighted by Crippen LogP contribution is 2.29. The van der Waals surface area contributed by atoms with Crippen LogP contribution in [-0.4, -0.2) is 26.0 Å². The lowest BCUT2D eigenvalue weighted by molar-refractivity contribution is -0.137. The SMILES string of the molecule is Cc1noc(C)c1S(=O)(=O)NCC(=O)Nc1ccc(C(F)(F)F)cc1. The van der Waals surface area contributed by atoms with E-state index in [-0.39, 0.29) is 22.0 Å². The van der Waals surface area contributed by atoms with Gasteiger partial charge in [-0.3, -0.25) is 4.79 Å². The van der Waals surface area contributed by atoms with Crippen LogP contribution in [0.15, 0.2) is 33.7 Å². The second-order valence-corrected chi connectivity index (χ2v) is 6.80. The minimum atomic E-state index is -4.48. The maximum Gasteiger partial charge on any atom is 0.416 e. The van der Waals surface area contributed by atoms with Crippen LogP contribution in [0.5, 0.6) is 0 Å². The van der Waals surface area contributed by atoms with Gasteiger partial charge in [-0.25, -0.2) is 13.1 Å². The number of alkyl halides is 3. The summed E-state index contributed by atoms with van der Waals surface area (Å²) in [5, 5.41) is 5.81. The number of benzene rings is 1. The number of carbonyl (C=O) groups excluding carboxylic acids is 1. The molecule has 7 nitrogen and oxygen atoms in total. The highest BCUT2D eigenvalue weighted by Gasteiger charge is 2.30. The molecule has 0 saturated heterocycles. The molecule has 0 aliphatic carbocycles. The Balaban J connectivity index is 1.99. The van der Waals surface area contributed by atoms with Gasteiger partial charge >= 0.3 is 6.18 Å². The van der Waals surface area contributed by atoms with Crippen LogP contribution in [0.1, 0.15) is 17.0 Å². The standard InChI is InChI=1S/C14H14F3N3O4S/c1-8-13(9(2)24-20-8)25(22,23)18-7-12(21)19-11-5-3-10(4-6-11)14(15,16)17/h3-6,18H,7H2,1-2H3,(H,19,21). The van der Waals surface area contributed by atoms with Gasteiger partial charge in [-0.2, -0.15) is 13.2 Å². The molecule has 2 rings (SSSR count). The molecule has 1 heterocycles. The fraction of sp³-hybridized carbons (Fsp3) is 0.286. The maximum atomic E-state index is 12.5. The normalized spacial score (nSPS) is 12.2. The lowest BCUT2D eigenvalue weighted by Crippen LogP contribution is -2.33. The first-order chi connectivity index (χ1) is 11.5. The molecule has 0 bridgehead atoms. The molecule has 0 atom stereocenters. The summed E-state index contributed by atoms with van der Waals surface area (Å²) >= 11 is 0. The number of sulfonamides is 1. The Kier molecular flexibility index (Phi) is 5.18. The number of aryl methyl sites for hydroxylation is 2. The van der Waals surface area contributed by atoms with Gasteiger partial charge in [0.15, 0.2) is 5.76 Å². The van der Waals surface area contributed by atoms with E-state index in [0.29, 0.717) is 0 Å². The maximum absolute atomic E-state index is 12.5. The van der Waals surface area contributed by atoms with Crippen LogP contribution in [0.25, 0.3) is 0 Å². The van der Waals surface area contributed by atoms with E-state index >= 15 is 0 Å². The summed E-state index contributed by atoms with van der Waals surface area (Å²) < 4.78 is 68.5. The van der Waals surface area contributed by atoms with Gasteiger partial charge in [-0.1, -0.05) is 5.16 Å². The van der Waals surface area contributed by atoms with Crippen LogP contribution < -0.4 is 10.0 Å². The van der Waals surface area contributed by atoms with E-state index in [1.807, 2.05) is 0 Å². The number of amides is 1. The van der Waals surface area contributed by atoms with Gasteiger partial charge in [0.05, 0.1) is 12.1 Å². The van der Waals surface area contributed by atoms with Gasteiger partial charge in [0, 0.05) is 5.69 Å². The number of anilines is 1. The number of rotatable bonds is 5. The summed E-state index contributed by atoms with van der Waals surface area (Å²) in [4.78, 5) is 11.6. The Morgan fingerprint density at radius 1 is 1.20 bits per heavy atom. The molecule has 25 heavy (non-hydrogen) atoms. The monoisotopic (exact) mass is 377 g/mol. The van der Waals surface area contributed by atoms with Gasteiger partial charge in [0.1, 0.15) is 10.6 Å². The molecule has 1 amide bonds. The quantitative estimate of drug-likeness (QED) is 0.832. The molecule has 0 unspecified atom stereocenters. The summed E-state index contributed by atoms with van der Waals surface area (Å²) in [5.41, 5.74) is -0.604. The first-order valence-electron chi connectivity index (χ1n) is 6.90. The summed E-state index contributed by atoms with van der Waals surface area (Å²) in [6.45, 7) is 2.25. The number of aromatic nitrogens is 1. The number of hydrogen-bond donors (Lipinski definition) is 2. The van der Waals surface area contributed by atoms with Crippen molar-refractivity contribution in [2.24, 2.45) is 0 Å². The van der Waals surface area contributed by atoms with Crippen molar-refractivity contribution in [3.05, 3.63) is 41.3 Å². The molecule has 136 valence electrons. The number of halogens is 3. The van der Waals surface area contributed by atoms with Gasteiger partial charge in [0.25, 0.3) is 0 Å². The largest absolute Gasteiger partial charge is 0.416 e. The molecule has 0 fully saturated rings. The number of carbonyl (C=O) groups is 1. The van der Waals surface area contributed by atoms with Crippen molar-refractivity contribution < 1.29 is 30.9 Å². The molecule has 0 aliphatic heterocycles. The zero-order valence-electron chi connectivity index (χ0n) is 13.1. The molecule has 2 N–H and O–H groups in total. The van der Waals surface area contributed by atoms with Crippen LogP contribution in [0.2, 0.25) is 0 Å². The molecular weight excluding hydrogens is 363 g/mol. The fourth-order valence-electron chi connectivity index (χ4n) is 2.04. The van der Waals surface area contributed by atoms with Crippen LogP contribution in [0.4, 0.5) is 18.9 Å². The van der Waals surface area contributed by atoms with Gasteiger partial charge < -0.3 is 9.84 Å². The van der Waals surface area contributed by atoms with Crippen LogP contribution in [-0.2, 0) is 21.0 Å². The van der Waals surface area contributed by atoms with Crippen molar-refractivity contribution in [2.45, 2.75) is 24.9 Å². The smallest absolute Gasteiger partial charge is 0.360 e. The van der Waals surface area contributed by atoms with Crippen LogP contribution >= 0.6 is 0 Å². The van der Waals surface area contributed by atoms with E-state index in [1.54, 1.807) is 0 Å². The fourth-order valence-corrected chi connectivity index (χ4v) is 3.35. The molecule has 0 saturated carbocycles. The van der Waals surface area contributed by atoms with Crippen molar-refractivity contribution in [1.29, 1.82) is 0 Å². The molecule has 1 aromatic carbocycles. The Hall–Kier alpha value is -2.40. The van der Waals surface area contributed by atoms with Gasteiger partial charge in [0.2, 0.25) is 15.9 Å². The first kappa shape index (κ1) is 18.9. The number of nitrogens with zero attached hydrogens (tertiary/aromatic N) is 1. The van der Waals surface area contributed by atoms with Crippen molar-refractivity contribution >= 4 is 21.6 Å². The third kappa shape index (κ3) is 4.57. The van der Waals surface area contributed by atoms with E-state index in [2.05, 4.69) is 15.2 Å². The van der Waals surface area contributed by atoms with Crippen molar-refractivity contribution in [1.82, 2.24) is 9.88 Å². The molecular formula is C14H14F3N3O4S. The number of hydrogen-bond acceptors (Lipinski definition) is 5. The third-order valence-corrected chi connectivity index (χ3v) is 4.80.